The van der Waals surface area contributed by atoms with E-state index in [1.165, 1.54) is 24.3 Å². The van der Waals surface area contributed by atoms with Crippen molar-refractivity contribution in [2.45, 2.75) is 44.9 Å². The lowest BCUT2D eigenvalue weighted by Gasteiger charge is -2.35. The lowest BCUT2D eigenvalue weighted by molar-refractivity contribution is -0.147. The van der Waals surface area contributed by atoms with Gasteiger partial charge in [0, 0.05) is 13.1 Å². The summed E-state index contributed by atoms with van der Waals surface area (Å²) in [5, 5.41) is 2.70. The van der Waals surface area contributed by atoms with Crippen molar-refractivity contribution >= 4 is 17.8 Å². The molecule has 0 unspecified atom stereocenters. The number of morpholine rings is 1. The smallest absolute Gasteiger partial charge is 0.325 e. The van der Waals surface area contributed by atoms with E-state index in [2.05, 4.69) is 5.32 Å². The number of rotatable bonds is 4. The molecule has 0 spiro atoms. The molecule has 1 aromatic carbocycles. The normalized spacial score (nSPS) is 28.4. The zero-order valence-electron chi connectivity index (χ0n) is 15.7. The number of carbonyl (C=O) groups excluding carboxylic acids is 3. The number of carbonyl (C=O) groups is 3. The van der Waals surface area contributed by atoms with Gasteiger partial charge in [0.05, 0.1) is 12.2 Å². The summed E-state index contributed by atoms with van der Waals surface area (Å²) in [7, 11) is 0. The molecule has 4 amide bonds. The molecule has 2 aliphatic heterocycles. The van der Waals surface area contributed by atoms with Gasteiger partial charge in [-0.2, -0.15) is 0 Å². The molecule has 0 aliphatic carbocycles. The number of ether oxygens (including phenoxy) is 1. The van der Waals surface area contributed by atoms with E-state index in [-0.39, 0.29) is 24.7 Å². The Hall–Kier alpha value is -2.48. The molecule has 1 N–H and O–H groups in total. The molecule has 2 heterocycles. The van der Waals surface area contributed by atoms with Crippen LogP contribution in [0.2, 0.25) is 0 Å². The maximum absolute atomic E-state index is 13.3. The fourth-order valence-corrected chi connectivity index (χ4v) is 3.76. The molecule has 2 aliphatic rings. The molecule has 0 aromatic heterocycles. The maximum atomic E-state index is 13.3. The second kappa shape index (κ2) is 7.26. The van der Waals surface area contributed by atoms with Crippen LogP contribution >= 0.6 is 0 Å². The van der Waals surface area contributed by atoms with Gasteiger partial charge >= 0.3 is 6.03 Å². The summed E-state index contributed by atoms with van der Waals surface area (Å²) in [4.78, 5) is 40.7. The molecule has 3 rings (SSSR count). The number of nitrogens with zero attached hydrogens (tertiary/aromatic N) is 2. The molecule has 8 heteroatoms. The van der Waals surface area contributed by atoms with Crippen LogP contribution in [0.3, 0.4) is 0 Å². The fourth-order valence-electron chi connectivity index (χ4n) is 3.76. The SMILES string of the molecule is CC[C@]1(c2ccc(F)cc2)NC(=O)N(CC(=O)N2C[C@@H](C)O[C@@H](C)C2)C1=O. The third kappa shape index (κ3) is 3.53. The Morgan fingerprint density at radius 1 is 1.22 bits per heavy atom. The average molecular weight is 377 g/mol. The van der Waals surface area contributed by atoms with E-state index in [1.807, 2.05) is 13.8 Å². The highest BCUT2D eigenvalue weighted by Crippen LogP contribution is 2.32. The van der Waals surface area contributed by atoms with Crippen LogP contribution in [-0.2, 0) is 19.9 Å². The quantitative estimate of drug-likeness (QED) is 0.809. The van der Waals surface area contributed by atoms with Gasteiger partial charge < -0.3 is 15.0 Å². The lowest BCUT2D eigenvalue weighted by Crippen LogP contribution is -2.52. The van der Waals surface area contributed by atoms with Crippen LogP contribution in [-0.4, -0.2) is 59.5 Å². The number of imide groups is 1. The van der Waals surface area contributed by atoms with Gasteiger partial charge in [0.25, 0.3) is 5.91 Å². The number of hydrogen-bond acceptors (Lipinski definition) is 4. The summed E-state index contributed by atoms with van der Waals surface area (Å²) in [6.45, 7) is 6.03. The van der Waals surface area contributed by atoms with Crippen molar-refractivity contribution in [1.29, 1.82) is 0 Å². The van der Waals surface area contributed by atoms with Gasteiger partial charge in [-0.25, -0.2) is 9.18 Å². The van der Waals surface area contributed by atoms with E-state index in [0.29, 0.717) is 25.1 Å². The second-order valence-corrected chi connectivity index (χ2v) is 7.14. The Bertz CT molecular complexity index is 744. The number of hydrogen-bond donors (Lipinski definition) is 1. The number of nitrogens with one attached hydrogen (secondary N) is 1. The van der Waals surface area contributed by atoms with Crippen molar-refractivity contribution in [2.75, 3.05) is 19.6 Å². The molecule has 3 atom stereocenters. The molecule has 0 saturated carbocycles. The Morgan fingerprint density at radius 2 is 1.81 bits per heavy atom. The zero-order chi connectivity index (χ0) is 19.8. The number of benzene rings is 1. The van der Waals surface area contributed by atoms with Crippen molar-refractivity contribution in [3.8, 4) is 0 Å². The Labute approximate surface area is 157 Å². The Kier molecular flexibility index (Phi) is 5.19. The zero-order valence-corrected chi connectivity index (χ0v) is 15.7. The standard InChI is InChI=1S/C19H24FN3O4/c1-4-19(14-5-7-15(20)8-6-14)17(25)23(18(26)21-19)11-16(24)22-9-12(2)27-13(3)10-22/h5-8,12-13H,4,9-11H2,1-3H3,(H,21,26)/t12-,13+,19-/m1/s1. The molecule has 1 aromatic rings. The van der Waals surface area contributed by atoms with Gasteiger partial charge in [-0.1, -0.05) is 19.1 Å². The summed E-state index contributed by atoms with van der Waals surface area (Å²) < 4.78 is 18.9. The highest BCUT2D eigenvalue weighted by atomic mass is 19.1. The van der Waals surface area contributed by atoms with Crippen LogP contribution < -0.4 is 5.32 Å². The van der Waals surface area contributed by atoms with Crippen LogP contribution in [0.4, 0.5) is 9.18 Å². The van der Waals surface area contributed by atoms with E-state index < -0.39 is 23.3 Å². The third-order valence-electron chi connectivity index (χ3n) is 5.11. The summed E-state index contributed by atoms with van der Waals surface area (Å²) >= 11 is 0. The molecule has 27 heavy (non-hydrogen) atoms. The summed E-state index contributed by atoms with van der Waals surface area (Å²) in [5.41, 5.74) is -0.787. The Morgan fingerprint density at radius 3 is 2.37 bits per heavy atom. The lowest BCUT2D eigenvalue weighted by atomic mass is 9.87. The van der Waals surface area contributed by atoms with Crippen molar-refractivity contribution in [1.82, 2.24) is 15.1 Å². The summed E-state index contributed by atoms with van der Waals surface area (Å²) in [6, 6.07) is 4.84. The van der Waals surface area contributed by atoms with E-state index in [0.717, 1.165) is 4.90 Å². The summed E-state index contributed by atoms with van der Waals surface area (Å²) in [6.07, 6.45) is 0.0870. The van der Waals surface area contributed by atoms with E-state index in [4.69, 9.17) is 4.74 Å². The van der Waals surface area contributed by atoms with Gasteiger partial charge in [0.1, 0.15) is 17.9 Å². The molecular weight excluding hydrogens is 353 g/mol. The number of urea groups is 1. The highest BCUT2D eigenvalue weighted by molar-refractivity contribution is 6.09. The van der Waals surface area contributed by atoms with Crippen molar-refractivity contribution in [2.24, 2.45) is 0 Å². The largest absolute Gasteiger partial charge is 0.372 e. The minimum absolute atomic E-state index is 0.102. The molecule has 146 valence electrons. The predicted molar refractivity (Wildman–Crippen MR) is 95.2 cm³/mol. The van der Waals surface area contributed by atoms with Gasteiger partial charge in [-0.3, -0.25) is 14.5 Å². The van der Waals surface area contributed by atoms with Gasteiger partial charge in [-0.05, 0) is 38.0 Å². The maximum Gasteiger partial charge on any atom is 0.325 e. The predicted octanol–water partition coefficient (Wildman–Crippen LogP) is 1.62. The minimum Gasteiger partial charge on any atom is -0.372 e. The van der Waals surface area contributed by atoms with Crippen LogP contribution in [0.15, 0.2) is 24.3 Å². The monoisotopic (exact) mass is 377 g/mol. The van der Waals surface area contributed by atoms with Gasteiger partial charge in [0.15, 0.2) is 0 Å². The molecule has 2 saturated heterocycles. The van der Waals surface area contributed by atoms with Gasteiger partial charge in [0.2, 0.25) is 5.91 Å². The number of halogens is 1. The van der Waals surface area contributed by atoms with E-state index in [1.54, 1.807) is 11.8 Å². The van der Waals surface area contributed by atoms with Crippen molar-refractivity contribution in [3.63, 3.8) is 0 Å². The van der Waals surface area contributed by atoms with Gasteiger partial charge in [-0.15, -0.1) is 0 Å². The van der Waals surface area contributed by atoms with Crippen LogP contribution in [0.25, 0.3) is 0 Å². The molecule has 0 bridgehead atoms. The number of amides is 4. The first-order valence-corrected chi connectivity index (χ1v) is 9.10. The van der Waals surface area contributed by atoms with Crippen LogP contribution in [0.5, 0.6) is 0 Å². The van der Waals surface area contributed by atoms with E-state index in [9.17, 15) is 18.8 Å². The summed E-state index contributed by atoms with van der Waals surface area (Å²) in [5.74, 6) is -1.22. The van der Waals surface area contributed by atoms with Crippen LogP contribution in [0.1, 0.15) is 32.8 Å². The highest BCUT2D eigenvalue weighted by Gasteiger charge is 2.52. The Balaban J connectivity index is 1.79. The topological polar surface area (TPSA) is 79.0 Å². The second-order valence-electron chi connectivity index (χ2n) is 7.14. The molecule has 0 radical (unpaired) electrons. The first kappa shape index (κ1) is 19.3. The fraction of sp³-hybridized carbons (Fsp3) is 0.526. The first-order valence-electron chi connectivity index (χ1n) is 9.10. The third-order valence-corrected chi connectivity index (χ3v) is 5.11. The average Bonchev–Trinajstić information content (AvgIpc) is 2.86. The van der Waals surface area contributed by atoms with Crippen molar-refractivity contribution in [3.05, 3.63) is 35.6 Å². The van der Waals surface area contributed by atoms with Crippen LogP contribution in [0, 0.1) is 5.82 Å². The molecule has 7 nitrogen and oxygen atoms in total. The van der Waals surface area contributed by atoms with Crippen molar-refractivity contribution < 1.29 is 23.5 Å². The van der Waals surface area contributed by atoms with E-state index >= 15 is 0 Å². The molecule has 2 fully saturated rings. The molecular formula is C19H24FN3O4. The first-order chi connectivity index (χ1) is 12.8. The minimum atomic E-state index is -1.28.